The van der Waals surface area contributed by atoms with Gasteiger partial charge in [0.1, 0.15) is 0 Å². The first kappa shape index (κ1) is 38.7. The first-order valence-corrected chi connectivity index (χ1v) is 24.5. The van der Waals surface area contributed by atoms with Crippen molar-refractivity contribution in [1.29, 1.82) is 0 Å². The van der Waals surface area contributed by atoms with Gasteiger partial charge < -0.3 is 0 Å². The zero-order chi connectivity index (χ0) is 33.6. The van der Waals surface area contributed by atoms with Crippen LogP contribution in [0.25, 0.3) is 0 Å². The van der Waals surface area contributed by atoms with E-state index < -0.39 is 91.7 Å². The van der Waals surface area contributed by atoms with Crippen LogP contribution in [-0.4, -0.2) is 86.6 Å². The molecule has 0 saturated heterocycles. The molecule has 44 heavy (non-hydrogen) atoms. The van der Waals surface area contributed by atoms with E-state index in [1.54, 1.807) is 0 Å². The molecule has 0 fully saturated rings. The minimum atomic E-state index is -7.11. The monoisotopic (exact) mass is 1100 g/mol. The molecule has 0 heterocycles. The average molecular weight is 1100 g/mol. The van der Waals surface area contributed by atoms with Gasteiger partial charge in [-0.3, -0.25) is 0 Å². The van der Waals surface area contributed by atoms with E-state index in [1.165, 1.54) is 9.81 Å². The zero-order valence-corrected chi connectivity index (χ0v) is 30.3. The van der Waals surface area contributed by atoms with Crippen LogP contribution in [0.3, 0.4) is 0 Å². The average Bonchev–Trinajstić information content (AvgIpc) is 2.88. The summed E-state index contributed by atoms with van der Waals surface area (Å²) < 4.78 is 184. The minimum absolute atomic E-state index is 1.54. The van der Waals surface area contributed by atoms with E-state index in [0.29, 0.717) is 0 Å². The van der Waals surface area contributed by atoms with E-state index in [9.17, 15) is 64.8 Å². The van der Waals surface area contributed by atoms with Crippen molar-refractivity contribution in [1.82, 2.24) is 0 Å². The van der Waals surface area contributed by atoms with Gasteiger partial charge in [0.05, 0.1) is 0 Å². The van der Waals surface area contributed by atoms with Crippen molar-refractivity contribution in [3.63, 3.8) is 0 Å². The van der Waals surface area contributed by atoms with Gasteiger partial charge in [0.25, 0.3) is 0 Å². The van der Waals surface area contributed by atoms with Gasteiger partial charge in [-0.25, -0.2) is 0 Å². The topological polar surface area (TPSA) is 130 Å². The summed E-state index contributed by atoms with van der Waals surface area (Å²) in [5, 5.41) is 0. The maximum absolute atomic E-state index is 12.0. The van der Waals surface area contributed by atoms with Gasteiger partial charge in [0, 0.05) is 0 Å². The fraction of sp³-hybridized carbons (Fsp3) is 0.143. The van der Waals surface area contributed by atoms with Crippen LogP contribution in [0, 0.1) is 0 Å². The Morgan fingerprint density at radius 1 is 0.409 bits per heavy atom. The van der Waals surface area contributed by atoms with E-state index in [0.717, 1.165) is 0 Å². The molecule has 9 nitrogen and oxygen atoms in total. The van der Waals surface area contributed by atoms with Crippen molar-refractivity contribution in [2.75, 3.05) is 0 Å². The molecule has 0 aliphatic heterocycles. The molecule has 0 unspecified atom stereocenters. The second-order valence-corrected chi connectivity index (χ2v) is 27.6. The Morgan fingerprint density at radius 2 is 0.614 bits per heavy atom. The summed E-state index contributed by atoms with van der Waals surface area (Å²) in [6, 6.07) is 33.0. The Balaban J connectivity index is 0.000000315. The van der Waals surface area contributed by atoms with Crippen LogP contribution in [0.1, 0.15) is 0 Å². The molecule has 0 aliphatic rings. The van der Waals surface area contributed by atoms with Crippen LogP contribution in [0.4, 0.5) is 39.5 Å². The van der Waals surface area contributed by atoms with Crippen LogP contribution < -0.4 is 9.81 Å². The molecule has 0 radical (unpaired) electrons. The van der Waals surface area contributed by atoms with Crippen LogP contribution >= 0.6 is 0 Å². The Hall–Kier alpha value is -1.47. The van der Waals surface area contributed by atoms with E-state index >= 15 is 0 Å². The van der Waals surface area contributed by atoms with E-state index in [-0.39, 0.29) is 0 Å². The van der Waals surface area contributed by atoms with Crippen LogP contribution in [0.5, 0.6) is 0 Å². The molecule has 0 spiro atoms. The zero-order valence-electron chi connectivity index (χ0n) is 20.9. The third-order valence-electron chi connectivity index (χ3n) is 4.37. The van der Waals surface area contributed by atoms with Crippen molar-refractivity contribution < 1.29 is 71.5 Å². The molecule has 0 N–H and O–H groups in total. The molecule has 3 aromatic carbocycles. The summed E-state index contributed by atoms with van der Waals surface area (Å²) in [4.78, 5) is 0. The normalized spacial score (nSPS) is 13.4. The molecule has 0 aromatic heterocycles. The summed E-state index contributed by atoms with van der Waals surface area (Å²) in [6.07, 6.45) is 0. The Labute approximate surface area is 262 Å². The fourth-order valence-corrected chi connectivity index (χ4v) is 23.7. The number of hydrogen-bond acceptors (Lipinski definition) is 9. The maximum atomic E-state index is 12.0. The summed E-state index contributed by atoms with van der Waals surface area (Å²) in [6.45, 7) is 0. The number of benzene rings is 3. The van der Waals surface area contributed by atoms with Gasteiger partial charge in [0.2, 0.25) is 0 Å². The molecular weight excluding hydrogens is 1080 g/mol. The first-order valence-electron chi connectivity index (χ1n) is 10.8. The van der Waals surface area contributed by atoms with Gasteiger partial charge in [-0.05, 0) is 0 Å². The predicted molar refractivity (Wildman–Crippen MR) is 138 cm³/mol. The van der Waals surface area contributed by atoms with Crippen molar-refractivity contribution >= 4 is 85.0 Å². The quantitative estimate of drug-likeness (QED) is 0.181. The second kappa shape index (κ2) is 15.0. The molecule has 0 atom stereocenters. The van der Waals surface area contributed by atoms with E-state index in [2.05, 4.69) is 97.8 Å². The van der Waals surface area contributed by atoms with Crippen LogP contribution in [-0.2, 0) is 37.1 Å². The van der Waals surface area contributed by atoms with E-state index in [1.807, 2.05) is 0 Å². The molecule has 23 heteroatoms. The van der Waals surface area contributed by atoms with Gasteiger partial charge in [0.15, 0.2) is 0 Å². The second-order valence-electron chi connectivity index (χ2n) is 7.49. The first-order chi connectivity index (χ1) is 20.0. The summed E-state index contributed by atoms with van der Waals surface area (Å²) in [5.41, 5.74) is -19.4. The Kier molecular flexibility index (Phi) is 13.2. The molecule has 0 bridgehead atoms. The summed E-state index contributed by atoms with van der Waals surface area (Å²) in [7, 11) is -21.2. The Bertz CT molecular complexity index is 1480. The van der Waals surface area contributed by atoms with Crippen molar-refractivity contribution in [3.8, 4) is 0 Å². The molecule has 0 amide bonds. The molecular formula is C21H15Bi2F9O9S3. The van der Waals surface area contributed by atoms with Gasteiger partial charge in [-0.15, -0.1) is 0 Å². The number of halogens is 9. The van der Waals surface area contributed by atoms with Crippen LogP contribution in [0.15, 0.2) is 91.0 Å². The predicted octanol–water partition coefficient (Wildman–Crippen LogP) is 2.77. The third kappa shape index (κ3) is 10.8. The van der Waals surface area contributed by atoms with Crippen LogP contribution in [0.2, 0.25) is 0 Å². The standard InChI is InChI=1S/3C6H5.3CHF3O3S.2Bi/c3*1-2-4-6-5-3-1;3*2-1(3,4)8(5,6)7;;/h3*1-5H;3*(H,5,6,7);;/q;;;;;;;+3/p-3. The van der Waals surface area contributed by atoms with E-state index in [4.69, 9.17) is 0 Å². The summed E-state index contributed by atoms with van der Waals surface area (Å²) in [5.74, 6) is 0. The molecule has 0 aliphatic carbocycles. The van der Waals surface area contributed by atoms with Gasteiger partial charge in [-0.2, -0.15) is 0 Å². The SMILES string of the molecule is O=S(=O)([O][Bi]([O]S(=O)(=O)C(F)(F)F)[O]S(=O)(=O)C(F)(F)F)C(F)(F)F.c1cc[c]([Bi]([c]2ccccc2)[c]2ccccc2)cc1. The molecule has 3 rings (SSSR count). The molecule has 0 saturated carbocycles. The van der Waals surface area contributed by atoms with Crippen molar-refractivity contribution in [2.45, 2.75) is 16.5 Å². The number of hydrogen-bond donors (Lipinski definition) is 0. The van der Waals surface area contributed by atoms with Crippen molar-refractivity contribution in [3.05, 3.63) is 91.0 Å². The molecule has 244 valence electrons. The molecule has 3 aromatic rings. The summed E-state index contributed by atoms with van der Waals surface area (Å²) >= 11 is -9.17. The number of alkyl halides is 9. The van der Waals surface area contributed by atoms with Gasteiger partial charge >= 0.3 is 264 Å². The van der Waals surface area contributed by atoms with Gasteiger partial charge in [-0.1, -0.05) is 0 Å². The fourth-order valence-electron chi connectivity index (χ4n) is 2.58. The number of rotatable bonds is 9. The Morgan fingerprint density at radius 3 is 0.795 bits per heavy atom. The van der Waals surface area contributed by atoms with Crippen molar-refractivity contribution in [2.24, 2.45) is 0 Å². The third-order valence-corrected chi connectivity index (χ3v) is 27.6.